The third-order valence-corrected chi connectivity index (χ3v) is 5.35. The van der Waals surface area contributed by atoms with Crippen molar-refractivity contribution in [3.63, 3.8) is 0 Å². The maximum Gasteiger partial charge on any atom is 0.323 e. The number of rotatable bonds is 3. The van der Waals surface area contributed by atoms with E-state index in [1.165, 1.54) is 16.3 Å². The molecular weight excluding hydrogens is 366 g/mol. The van der Waals surface area contributed by atoms with E-state index < -0.39 is 0 Å². The number of anilines is 1. The van der Waals surface area contributed by atoms with Crippen LogP contribution in [0.25, 0.3) is 21.9 Å². The first-order valence-electron chi connectivity index (χ1n) is 9.73. The van der Waals surface area contributed by atoms with Crippen LogP contribution < -0.4 is 5.32 Å². The molecule has 1 N–H and O–H groups in total. The van der Waals surface area contributed by atoms with Gasteiger partial charge in [0.1, 0.15) is 0 Å². The van der Waals surface area contributed by atoms with E-state index in [1.54, 1.807) is 12.3 Å². The summed E-state index contributed by atoms with van der Waals surface area (Å²) in [6.07, 6.45) is 1.63. The lowest BCUT2D eigenvalue weighted by Gasteiger charge is -2.34. The number of amides is 2. The number of urea groups is 1. The molecule has 7 heteroatoms. The second-order valence-electron chi connectivity index (χ2n) is 7.26. The molecule has 0 radical (unpaired) electrons. The fourth-order valence-corrected chi connectivity index (χ4v) is 3.76. The van der Waals surface area contributed by atoms with Gasteiger partial charge in [-0.2, -0.15) is 0 Å². The van der Waals surface area contributed by atoms with Gasteiger partial charge in [0.05, 0.1) is 5.39 Å². The number of carbonyl (C=O) groups is 1. The lowest BCUT2D eigenvalue weighted by Crippen LogP contribution is -2.49. The zero-order valence-corrected chi connectivity index (χ0v) is 15.9. The molecule has 4 aromatic rings. The van der Waals surface area contributed by atoms with Crippen molar-refractivity contribution in [2.75, 3.05) is 31.5 Å². The van der Waals surface area contributed by atoms with E-state index in [0.29, 0.717) is 30.0 Å². The standard InChI is InChI=1S/C22H21N5O2/c28-22(24-20-19-6-3-9-23-21(19)29-25-20)27-12-10-26(11-13-27)15-16-7-8-17-4-1-2-5-18(17)14-16/h1-9,14H,10-13,15H2,(H,24,25,28). The first kappa shape index (κ1) is 17.6. The average molecular weight is 387 g/mol. The summed E-state index contributed by atoms with van der Waals surface area (Å²) in [5.41, 5.74) is 1.71. The van der Waals surface area contributed by atoms with Gasteiger partial charge in [0.15, 0.2) is 5.82 Å². The van der Waals surface area contributed by atoms with E-state index in [2.05, 4.69) is 62.8 Å². The molecule has 7 nitrogen and oxygen atoms in total. The van der Waals surface area contributed by atoms with Crippen molar-refractivity contribution >= 4 is 33.7 Å². The van der Waals surface area contributed by atoms with Gasteiger partial charge in [-0.1, -0.05) is 41.6 Å². The Morgan fingerprint density at radius 2 is 1.83 bits per heavy atom. The highest BCUT2D eigenvalue weighted by atomic mass is 16.5. The van der Waals surface area contributed by atoms with E-state index in [-0.39, 0.29) is 6.03 Å². The maximum atomic E-state index is 12.6. The first-order chi connectivity index (χ1) is 14.3. The van der Waals surface area contributed by atoms with Gasteiger partial charge in [-0.25, -0.2) is 9.78 Å². The molecule has 0 aliphatic carbocycles. The maximum absolute atomic E-state index is 12.6. The molecule has 1 saturated heterocycles. The van der Waals surface area contributed by atoms with Gasteiger partial charge >= 0.3 is 6.03 Å². The lowest BCUT2D eigenvalue weighted by atomic mass is 10.1. The van der Waals surface area contributed by atoms with Crippen molar-refractivity contribution in [1.29, 1.82) is 0 Å². The lowest BCUT2D eigenvalue weighted by molar-refractivity contribution is 0.143. The highest BCUT2D eigenvalue weighted by molar-refractivity contribution is 5.97. The van der Waals surface area contributed by atoms with Gasteiger partial charge in [-0.3, -0.25) is 10.2 Å². The van der Waals surface area contributed by atoms with Gasteiger partial charge in [-0.05, 0) is 34.5 Å². The summed E-state index contributed by atoms with van der Waals surface area (Å²) in [5.74, 6) is 0.414. The Hall–Kier alpha value is -3.45. The molecule has 0 spiro atoms. The van der Waals surface area contributed by atoms with Crippen LogP contribution in [0.4, 0.5) is 10.6 Å². The van der Waals surface area contributed by atoms with Gasteiger partial charge in [-0.15, -0.1) is 0 Å². The van der Waals surface area contributed by atoms with E-state index in [9.17, 15) is 4.79 Å². The number of carbonyl (C=O) groups excluding carboxylic acids is 1. The van der Waals surface area contributed by atoms with Crippen LogP contribution in [0.3, 0.4) is 0 Å². The number of piperazine rings is 1. The summed E-state index contributed by atoms with van der Waals surface area (Å²) >= 11 is 0. The number of benzene rings is 2. The zero-order valence-electron chi connectivity index (χ0n) is 15.9. The number of hydrogen-bond donors (Lipinski definition) is 1. The SMILES string of the molecule is O=C(Nc1noc2ncccc12)N1CCN(Cc2ccc3ccccc3c2)CC1. The summed E-state index contributed by atoms with van der Waals surface area (Å²) in [6.45, 7) is 3.91. The summed E-state index contributed by atoms with van der Waals surface area (Å²) in [5, 5.41) is 9.99. The number of fused-ring (bicyclic) bond motifs is 2. The fraction of sp³-hybridized carbons (Fsp3) is 0.227. The number of nitrogens with one attached hydrogen (secondary N) is 1. The smallest absolute Gasteiger partial charge is 0.323 e. The van der Waals surface area contributed by atoms with Crippen molar-refractivity contribution in [3.05, 3.63) is 66.4 Å². The van der Waals surface area contributed by atoms with Crippen molar-refractivity contribution in [1.82, 2.24) is 19.9 Å². The quantitative estimate of drug-likeness (QED) is 0.580. The molecule has 3 heterocycles. The molecule has 1 aliphatic heterocycles. The molecule has 0 atom stereocenters. The predicted octanol–water partition coefficient (Wildman–Crippen LogP) is 3.73. The zero-order chi connectivity index (χ0) is 19.6. The van der Waals surface area contributed by atoms with Gasteiger partial charge in [0.2, 0.25) is 0 Å². The van der Waals surface area contributed by atoms with Crippen LogP contribution in [0.2, 0.25) is 0 Å². The molecule has 0 saturated carbocycles. The Labute approximate surface area is 167 Å². The number of nitrogens with zero attached hydrogens (tertiary/aromatic N) is 4. The predicted molar refractivity (Wildman–Crippen MR) is 112 cm³/mol. The molecule has 5 rings (SSSR count). The molecule has 1 fully saturated rings. The third-order valence-electron chi connectivity index (χ3n) is 5.35. The summed E-state index contributed by atoms with van der Waals surface area (Å²) in [4.78, 5) is 20.9. The minimum Gasteiger partial charge on any atom is -0.334 e. The van der Waals surface area contributed by atoms with Crippen molar-refractivity contribution in [2.24, 2.45) is 0 Å². The summed E-state index contributed by atoms with van der Waals surface area (Å²) < 4.78 is 5.15. The molecule has 0 bridgehead atoms. The van der Waals surface area contributed by atoms with Crippen molar-refractivity contribution < 1.29 is 9.32 Å². The topological polar surface area (TPSA) is 74.5 Å². The molecule has 2 aromatic carbocycles. The molecule has 2 aromatic heterocycles. The Balaban J connectivity index is 1.19. The minimum absolute atomic E-state index is 0.158. The minimum atomic E-state index is -0.158. The van der Waals surface area contributed by atoms with Gasteiger partial charge in [0.25, 0.3) is 5.71 Å². The molecule has 146 valence electrons. The van der Waals surface area contributed by atoms with Crippen LogP contribution in [0.5, 0.6) is 0 Å². The monoisotopic (exact) mass is 387 g/mol. The van der Waals surface area contributed by atoms with Crippen LogP contribution in [0.1, 0.15) is 5.56 Å². The van der Waals surface area contributed by atoms with E-state index in [0.717, 1.165) is 19.6 Å². The van der Waals surface area contributed by atoms with E-state index >= 15 is 0 Å². The Morgan fingerprint density at radius 3 is 2.69 bits per heavy atom. The Kier molecular flexibility index (Phi) is 4.57. The van der Waals surface area contributed by atoms with Crippen LogP contribution in [-0.2, 0) is 6.54 Å². The second-order valence-corrected chi connectivity index (χ2v) is 7.26. The van der Waals surface area contributed by atoms with Crippen LogP contribution >= 0.6 is 0 Å². The number of aromatic nitrogens is 2. The summed E-state index contributed by atoms with van der Waals surface area (Å²) in [6, 6.07) is 18.5. The number of pyridine rings is 1. The molecule has 29 heavy (non-hydrogen) atoms. The van der Waals surface area contributed by atoms with E-state index in [4.69, 9.17) is 4.52 Å². The van der Waals surface area contributed by atoms with Gasteiger partial charge in [0, 0.05) is 38.9 Å². The highest BCUT2D eigenvalue weighted by Gasteiger charge is 2.22. The summed E-state index contributed by atoms with van der Waals surface area (Å²) in [7, 11) is 0. The van der Waals surface area contributed by atoms with Crippen LogP contribution in [0.15, 0.2) is 65.3 Å². The number of hydrogen-bond acceptors (Lipinski definition) is 5. The van der Waals surface area contributed by atoms with E-state index in [1.807, 2.05) is 11.0 Å². The first-order valence-corrected chi connectivity index (χ1v) is 9.73. The highest BCUT2D eigenvalue weighted by Crippen LogP contribution is 2.21. The van der Waals surface area contributed by atoms with Crippen LogP contribution in [-0.4, -0.2) is 52.2 Å². The third kappa shape index (κ3) is 3.64. The Bertz CT molecular complexity index is 1160. The molecule has 1 aliphatic rings. The average Bonchev–Trinajstić information content (AvgIpc) is 3.17. The molecule has 2 amide bonds. The fourth-order valence-electron chi connectivity index (χ4n) is 3.76. The molecular formula is C22H21N5O2. The van der Waals surface area contributed by atoms with Crippen molar-refractivity contribution in [2.45, 2.75) is 6.54 Å². The molecule has 0 unspecified atom stereocenters. The van der Waals surface area contributed by atoms with Gasteiger partial charge < -0.3 is 9.42 Å². The largest absolute Gasteiger partial charge is 0.334 e. The normalized spacial score (nSPS) is 15.1. The van der Waals surface area contributed by atoms with Crippen molar-refractivity contribution in [3.8, 4) is 0 Å². The Morgan fingerprint density at radius 1 is 1.00 bits per heavy atom. The van der Waals surface area contributed by atoms with Crippen LogP contribution in [0, 0.1) is 0 Å². The second kappa shape index (κ2) is 7.52.